The molecule has 0 radical (unpaired) electrons. The Morgan fingerprint density at radius 1 is 1.15 bits per heavy atom. The van der Waals surface area contributed by atoms with Crippen LogP contribution in [-0.4, -0.2) is 29.9 Å². The van der Waals surface area contributed by atoms with Gasteiger partial charge in [0.2, 0.25) is 10.0 Å². The van der Waals surface area contributed by atoms with E-state index in [2.05, 4.69) is 20.2 Å². The molecule has 0 fully saturated rings. The molecule has 0 aliphatic rings. The van der Waals surface area contributed by atoms with Crippen molar-refractivity contribution >= 4 is 39.4 Å². The second-order valence-corrected chi connectivity index (χ2v) is 9.47. The number of aromatic nitrogens is 2. The Bertz CT molecular complexity index is 1460. The van der Waals surface area contributed by atoms with Gasteiger partial charge in [-0.05, 0) is 61.9 Å². The maximum absolute atomic E-state index is 12.6. The highest BCUT2D eigenvalue weighted by atomic mass is 35.5. The lowest BCUT2D eigenvalue weighted by atomic mass is 10.3. The van der Waals surface area contributed by atoms with Gasteiger partial charge in [0, 0.05) is 11.2 Å². The molecule has 0 atom stereocenters. The van der Waals surface area contributed by atoms with Crippen molar-refractivity contribution in [1.29, 1.82) is 0 Å². The van der Waals surface area contributed by atoms with E-state index in [1.165, 1.54) is 30.5 Å². The summed E-state index contributed by atoms with van der Waals surface area (Å²) in [6.45, 7) is 3.63. The first-order chi connectivity index (χ1) is 15.7. The summed E-state index contributed by atoms with van der Waals surface area (Å²) >= 11 is 5.79. The lowest BCUT2D eigenvalue weighted by molar-refractivity contribution is 0.0948. The van der Waals surface area contributed by atoms with Crippen molar-refractivity contribution in [2.75, 3.05) is 0 Å². The quantitative estimate of drug-likeness (QED) is 0.307. The maximum Gasteiger partial charge on any atom is 0.290 e. The Labute approximate surface area is 195 Å². The molecule has 3 aromatic heterocycles. The number of aryl methyl sites for hydroxylation is 2. The van der Waals surface area contributed by atoms with Crippen LogP contribution in [0.2, 0.25) is 5.02 Å². The number of hydrogen-bond acceptors (Lipinski definition) is 6. The highest BCUT2D eigenvalue weighted by Crippen LogP contribution is 2.15. The van der Waals surface area contributed by atoms with Crippen molar-refractivity contribution in [1.82, 2.24) is 19.5 Å². The van der Waals surface area contributed by atoms with Crippen LogP contribution in [0.25, 0.3) is 5.65 Å². The number of nitrogens with zero attached hydrogens (tertiary/aromatic N) is 3. The third-order valence-corrected chi connectivity index (χ3v) is 6.43. The second-order valence-electron chi connectivity index (χ2n) is 7.26. The van der Waals surface area contributed by atoms with Gasteiger partial charge >= 0.3 is 0 Å². The monoisotopic (exact) mass is 485 g/mol. The van der Waals surface area contributed by atoms with Crippen molar-refractivity contribution in [3.8, 4) is 0 Å². The molecule has 0 bridgehead atoms. The minimum atomic E-state index is -3.71. The molecule has 0 aliphatic heterocycles. The number of furan rings is 1. The fraction of sp³-hybridized carbons (Fsp3) is 0.136. The Balaban J connectivity index is 1.38. The smallest absolute Gasteiger partial charge is 0.290 e. The number of rotatable bonds is 7. The molecule has 4 aromatic rings. The van der Waals surface area contributed by atoms with E-state index < -0.39 is 15.9 Å². The van der Waals surface area contributed by atoms with E-state index in [1.54, 1.807) is 23.5 Å². The zero-order valence-electron chi connectivity index (χ0n) is 17.7. The van der Waals surface area contributed by atoms with Gasteiger partial charge in [-0.3, -0.25) is 9.20 Å². The van der Waals surface area contributed by atoms with Crippen LogP contribution >= 0.6 is 11.6 Å². The van der Waals surface area contributed by atoms with Crippen molar-refractivity contribution in [3.63, 3.8) is 0 Å². The van der Waals surface area contributed by atoms with Gasteiger partial charge in [0.15, 0.2) is 0 Å². The summed E-state index contributed by atoms with van der Waals surface area (Å²) in [6, 6.07) is 12.8. The number of halogens is 1. The summed E-state index contributed by atoms with van der Waals surface area (Å²) in [5.41, 5.74) is 5.10. The lowest BCUT2D eigenvalue weighted by Gasteiger charge is -2.05. The summed E-state index contributed by atoms with van der Waals surface area (Å²) in [5.74, 6) is 0.319. The zero-order chi connectivity index (χ0) is 23.6. The molecule has 0 spiro atoms. The highest BCUT2D eigenvalue weighted by molar-refractivity contribution is 7.89. The van der Waals surface area contributed by atoms with Crippen LogP contribution in [0.1, 0.15) is 33.3 Å². The van der Waals surface area contributed by atoms with E-state index in [-0.39, 0.29) is 11.4 Å². The van der Waals surface area contributed by atoms with Gasteiger partial charge in [-0.1, -0.05) is 17.7 Å². The normalized spacial score (nSPS) is 12.0. The molecule has 3 heterocycles. The third kappa shape index (κ3) is 5.14. The van der Waals surface area contributed by atoms with Crippen LogP contribution < -0.4 is 10.1 Å². The van der Waals surface area contributed by atoms with Gasteiger partial charge in [-0.25, -0.2) is 23.5 Å². The van der Waals surface area contributed by atoms with Gasteiger partial charge < -0.3 is 4.42 Å². The average molecular weight is 486 g/mol. The number of sulfonamides is 1. The van der Waals surface area contributed by atoms with Crippen LogP contribution in [0, 0.1) is 13.8 Å². The van der Waals surface area contributed by atoms with E-state index in [1.807, 2.05) is 25.3 Å². The summed E-state index contributed by atoms with van der Waals surface area (Å²) in [4.78, 5) is 17.1. The molecule has 0 unspecified atom stereocenters. The van der Waals surface area contributed by atoms with Gasteiger partial charge in [0.05, 0.1) is 23.3 Å². The van der Waals surface area contributed by atoms with E-state index in [0.717, 1.165) is 5.56 Å². The largest absolute Gasteiger partial charge is 0.459 e. The van der Waals surface area contributed by atoms with Crippen LogP contribution in [0.4, 0.5) is 0 Å². The number of carbonyl (C=O) groups is 1. The molecule has 1 aromatic carbocycles. The molecule has 11 heteroatoms. The van der Waals surface area contributed by atoms with Crippen LogP contribution in [0.5, 0.6) is 0 Å². The number of nitrogens with one attached hydrogen (secondary N) is 2. The number of carbonyl (C=O) groups excluding carboxylic acids is 1. The maximum atomic E-state index is 12.6. The molecule has 2 N–H and O–H groups in total. The molecule has 170 valence electrons. The van der Waals surface area contributed by atoms with Gasteiger partial charge in [0.1, 0.15) is 22.9 Å². The number of fused-ring (bicyclic) bond motifs is 1. The Hall–Kier alpha value is -3.47. The fourth-order valence-electron chi connectivity index (χ4n) is 3.17. The first-order valence-electron chi connectivity index (χ1n) is 9.85. The topological polar surface area (TPSA) is 118 Å². The second kappa shape index (κ2) is 9.18. The molecule has 9 nitrogen and oxygen atoms in total. The SMILES string of the molecule is Cc1ccc2nc(C)c(C(=O)N/N=C/c3ccc(CNS(=O)(=O)c4ccc(Cl)cc4)o3)n2c1. The number of amides is 1. The standard InChI is InChI=1S/C22H20ClN5O4S/c1-14-3-10-20-26-15(2)21(28(20)13-14)22(29)27-24-11-17-6-7-18(32-17)12-25-33(30,31)19-8-4-16(23)5-9-19/h3-11,13,25H,12H2,1-2H3,(H,27,29)/b24-11+. The minimum absolute atomic E-state index is 0.0501. The zero-order valence-corrected chi connectivity index (χ0v) is 19.3. The number of pyridine rings is 1. The molecular weight excluding hydrogens is 466 g/mol. The first kappa shape index (κ1) is 22.7. The summed E-state index contributed by atoms with van der Waals surface area (Å²) in [6.07, 6.45) is 3.16. The number of hydrazone groups is 1. The predicted molar refractivity (Wildman–Crippen MR) is 124 cm³/mol. The molecular formula is C22H20ClN5O4S. The molecule has 0 aliphatic carbocycles. The predicted octanol–water partition coefficient (Wildman–Crippen LogP) is 3.44. The number of hydrogen-bond donors (Lipinski definition) is 2. The Morgan fingerprint density at radius 3 is 2.67 bits per heavy atom. The fourth-order valence-corrected chi connectivity index (χ4v) is 4.29. The number of imidazole rings is 1. The van der Waals surface area contributed by atoms with Gasteiger partial charge in [-0.2, -0.15) is 5.10 Å². The summed E-state index contributed by atoms with van der Waals surface area (Å²) < 4.78 is 34.4. The van der Waals surface area contributed by atoms with Gasteiger partial charge in [-0.15, -0.1) is 0 Å². The van der Waals surface area contributed by atoms with Crippen molar-refractivity contribution in [2.24, 2.45) is 5.10 Å². The van der Waals surface area contributed by atoms with Crippen LogP contribution in [0.3, 0.4) is 0 Å². The van der Waals surface area contributed by atoms with Crippen molar-refractivity contribution in [3.05, 3.63) is 88.2 Å². The molecule has 0 saturated carbocycles. The Kier molecular flexibility index (Phi) is 6.32. The third-order valence-electron chi connectivity index (χ3n) is 4.76. The molecule has 1 amide bonds. The summed E-state index contributed by atoms with van der Waals surface area (Å²) in [5, 5.41) is 4.38. The molecule has 4 rings (SSSR count). The van der Waals surface area contributed by atoms with E-state index >= 15 is 0 Å². The van der Waals surface area contributed by atoms with Crippen LogP contribution in [0.15, 0.2) is 69.1 Å². The van der Waals surface area contributed by atoms with Crippen molar-refractivity contribution < 1.29 is 17.6 Å². The van der Waals surface area contributed by atoms with Gasteiger partial charge in [0.25, 0.3) is 5.91 Å². The first-order valence-corrected chi connectivity index (χ1v) is 11.7. The molecule has 33 heavy (non-hydrogen) atoms. The van der Waals surface area contributed by atoms with E-state index in [4.69, 9.17) is 16.0 Å². The van der Waals surface area contributed by atoms with E-state index in [0.29, 0.717) is 33.6 Å². The van der Waals surface area contributed by atoms with Crippen molar-refractivity contribution in [2.45, 2.75) is 25.3 Å². The minimum Gasteiger partial charge on any atom is -0.459 e. The molecule has 0 saturated heterocycles. The Morgan fingerprint density at radius 2 is 1.91 bits per heavy atom. The highest BCUT2D eigenvalue weighted by Gasteiger charge is 2.17. The average Bonchev–Trinajstić information content (AvgIpc) is 3.35. The van der Waals surface area contributed by atoms with Crippen LogP contribution in [-0.2, 0) is 16.6 Å². The number of benzene rings is 1. The lowest BCUT2D eigenvalue weighted by Crippen LogP contribution is -2.22. The summed E-state index contributed by atoms with van der Waals surface area (Å²) in [7, 11) is -3.71. The van der Waals surface area contributed by atoms with E-state index in [9.17, 15) is 13.2 Å².